The number of fused-ring (bicyclic) bond motifs is 4. The number of H-pyrrole nitrogens is 1. The summed E-state index contributed by atoms with van der Waals surface area (Å²) in [6.07, 6.45) is 8.64. The maximum absolute atomic E-state index is 11.9. The van der Waals surface area contributed by atoms with Crippen LogP contribution in [0.4, 0.5) is 0 Å². The molecule has 3 atom stereocenters. The third kappa shape index (κ3) is 3.83. The molecule has 0 amide bonds. The van der Waals surface area contributed by atoms with E-state index in [4.69, 9.17) is 4.98 Å². The second kappa shape index (κ2) is 8.41. The molecule has 172 valence electrons. The van der Waals surface area contributed by atoms with Crippen LogP contribution in [-0.2, 0) is 12.8 Å². The average molecular weight is 442 g/mol. The van der Waals surface area contributed by atoms with Crippen LogP contribution in [0.3, 0.4) is 0 Å². The minimum atomic E-state index is -0.556. The van der Waals surface area contributed by atoms with E-state index < -0.39 is 5.60 Å². The van der Waals surface area contributed by atoms with Crippen LogP contribution in [-0.4, -0.2) is 45.7 Å². The minimum Gasteiger partial charge on any atom is -0.389 e. The van der Waals surface area contributed by atoms with Gasteiger partial charge in [-0.05, 0) is 93.3 Å². The Bertz CT molecular complexity index is 1160. The van der Waals surface area contributed by atoms with E-state index in [9.17, 15) is 5.11 Å². The van der Waals surface area contributed by atoms with Crippen molar-refractivity contribution in [2.75, 3.05) is 20.1 Å². The summed E-state index contributed by atoms with van der Waals surface area (Å²) in [4.78, 5) is 10.5. The van der Waals surface area contributed by atoms with Gasteiger partial charge in [0.25, 0.3) is 0 Å². The van der Waals surface area contributed by atoms with Gasteiger partial charge < -0.3 is 15.0 Å². The van der Waals surface area contributed by atoms with Crippen molar-refractivity contribution in [1.29, 1.82) is 0 Å². The number of hydrogen-bond donors (Lipinski definition) is 2. The second-order valence-electron chi connectivity index (χ2n) is 10.6. The molecule has 1 fully saturated rings. The highest BCUT2D eigenvalue weighted by molar-refractivity contribution is 5.78. The number of rotatable bonds is 7. The molecule has 7 rings (SSSR count). The highest BCUT2D eigenvalue weighted by Crippen LogP contribution is 2.57. The molecule has 2 aromatic carbocycles. The number of nitrogens with zero attached hydrogens (tertiary/aromatic N) is 2. The molecule has 4 heteroatoms. The number of hydrogen-bond acceptors (Lipinski definition) is 3. The number of para-hydroxylation sites is 2. The second-order valence-corrected chi connectivity index (χ2v) is 10.6. The lowest BCUT2D eigenvalue weighted by Crippen LogP contribution is -2.50. The fourth-order valence-corrected chi connectivity index (χ4v) is 6.84. The highest BCUT2D eigenvalue weighted by atomic mass is 16.3. The van der Waals surface area contributed by atoms with E-state index in [1.165, 1.54) is 36.0 Å². The first-order valence-corrected chi connectivity index (χ1v) is 12.8. The van der Waals surface area contributed by atoms with Crippen molar-refractivity contribution in [2.45, 2.75) is 57.0 Å². The first-order chi connectivity index (χ1) is 16.1. The molecule has 33 heavy (non-hydrogen) atoms. The molecule has 1 saturated carbocycles. The molecule has 0 saturated heterocycles. The number of aromatic nitrogens is 2. The first-order valence-electron chi connectivity index (χ1n) is 12.8. The number of allylic oxidation sites excluding steroid dienone is 1. The molecule has 0 unspecified atom stereocenters. The van der Waals surface area contributed by atoms with Gasteiger partial charge in [-0.3, -0.25) is 0 Å². The number of aromatic amines is 1. The summed E-state index contributed by atoms with van der Waals surface area (Å²) in [5.74, 6) is 1.97. The van der Waals surface area contributed by atoms with E-state index in [1.54, 1.807) is 5.57 Å². The van der Waals surface area contributed by atoms with Gasteiger partial charge in [0.1, 0.15) is 5.82 Å². The van der Waals surface area contributed by atoms with Gasteiger partial charge in [-0.2, -0.15) is 0 Å². The monoisotopic (exact) mass is 441 g/mol. The standard InChI is InChI=1S/C29H35N3O/c1-32(17-6-11-27-30-25-9-4-5-10-26(25)31-27)18-16-29(33)19-21-13-15-24(29)28-22-8-3-2-7-20(22)12-14-23(21)28/h2-5,7-10,21,24,33H,6,11-19H2,1H3,(H,30,31)/t21-,24-,29+/m0/s1. The summed E-state index contributed by atoms with van der Waals surface area (Å²) in [5, 5.41) is 11.9. The Labute approximate surface area is 196 Å². The van der Waals surface area contributed by atoms with Crippen LogP contribution in [0.5, 0.6) is 0 Å². The lowest BCUT2D eigenvalue weighted by Gasteiger charge is -2.53. The topological polar surface area (TPSA) is 52.2 Å². The summed E-state index contributed by atoms with van der Waals surface area (Å²) in [5.41, 5.74) is 7.73. The van der Waals surface area contributed by atoms with Crippen molar-refractivity contribution in [3.63, 3.8) is 0 Å². The number of aryl methyl sites for hydroxylation is 2. The number of benzene rings is 2. The molecule has 0 spiro atoms. The number of nitrogens with one attached hydrogen (secondary N) is 1. The van der Waals surface area contributed by atoms with E-state index in [2.05, 4.69) is 53.3 Å². The van der Waals surface area contributed by atoms with Gasteiger partial charge in [-0.25, -0.2) is 4.98 Å². The molecule has 2 bridgehead atoms. The van der Waals surface area contributed by atoms with Gasteiger partial charge in [0.15, 0.2) is 0 Å². The molecule has 2 N–H and O–H groups in total. The summed E-state index contributed by atoms with van der Waals surface area (Å²) >= 11 is 0. The van der Waals surface area contributed by atoms with Crippen molar-refractivity contribution in [3.05, 3.63) is 71.1 Å². The van der Waals surface area contributed by atoms with E-state index in [0.717, 1.165) is 62.1 Å². The average Bonchev–Trinajstić information content (AvgIpc) is 3.26. The highest BCUT2D eigenvalue weighted by Gasteiger charge is 2.51. The molecule has 4 nitrogen and oxygen atoms in total. The fraction of sp³-hybridized carbons (Fsp3) is 0.483. The van der Waals surface area contributed by atoms with Crippen LogP contribution in [0, 0.1) is 11.8 Å². The molecular weight excluding hydrogens is 406 g/mol. The van der Waals surface area contributed by atoms with Gasteiger partial charge in [0, 0.05) is 18.9 Å². The molecule has 4 aliphatic carbocycles. The predicted molar refractivity (Wildman–Crippen MR) is 134 cm³/mol. The zero-order valence-electron chi connectivity index (χ0n) is 19.7. The quantitative estimate of drug-likeness (QED) is 0.518. The lowest BCUT2D eigenvalue weighted by molar-refractivity contribution is -0.0588. The zero-order chi connectivity index (χ0) is 22.4. The van der Waals surface area contributed by atoms with E-state index in [0.29, 0.717) is 11.8 Å². The van der Waals surface area contributed by atoms with Crippen LogP contribution >= 0.6 is 0 Å². The Morgan fingerprint density at radius 3 is 2.82 bits per heavy atom. The lowest BCUT2D eigenvalue weighted by atomic mass is 9.55. The Hall–Kier alpha value is -2.43. The Morgan fingerprint density at radius 1 is 1.06 bits per heavy atom. The third-order valence-corrected chi connectivity index (χ3v) is 8.53. The van der Waals surface area contributed by atoms with E-state index in [1.807, 2.05) is 12.1 Å². The molecular formula is C29H35N3O. The fourth-order valence-electron chi connectivity index (χ4n) is 6.84. The van der Waals surface area contributed by atoms with Crippen LogP contribution in [0.25, 0.3) is 16.6 Å². The zero-order valence-corrected chi connectivity index (χ0v) is 19.7. The summed E-state index contributed by atoms with van der Waals surface area (Å²) in [7, 11) is 2.20. The molecule has 0 radical (unpaired) electrons. The maximum Gasteiger partial charge on any atom is 0.107 e. The van der Waals surface area contributed by atoms with E-state index in [-0.39, 0.29) is 0 Å². The van der Waals surface area contributed by atoms with Crippen molar-refractivity contribution in [1.82, 2.24) is 14.9 Å². The van der Waals surface area contributed by atoms with Gasteiger partial charge in [0.05, 0.1) is 16.6 Å². The Morgan fingerprint density at radius 2 is 1.91 bits per heavy atom. The van der Waals surface area contributed by atoms with Crippen LogP contribution in [0.2, 0.25) is 0 Å². The van der Waals surface area contributed by atoms with Crippen molar-refractivity contribution in [2.24, 2.45) is 11.8 Å². The summed E-state index contributed by atoms with van der Waals surface area (Å²) < 4.78 is 0. The molecule has 4 aliphatic rings. The first kappa shape index (κ1) is 21.1. The maximum atomic E-state index is 11.9. The molecule has 3 aromatic rings. The largest absolute Gasteiger partial charge is 0.389 e. The van der Waals surface area contributed by atoms with Crippen molar-refractivity contribution >= 4 is 16.6 Å². The van der Waals surface area contributed by atoms with E-state index >= 15 is 0 Å². The SMILES string of the molecule is CN(CCCc1nc2ccccc2[nH]1)CC[C@@]1(O)C[C@@H]2CC[C@H]1C1=C2CCc2ccccc21. The smallest absolute Gasteiger partial charge is 0.107 e. The van der Waals surface area contributed by atoms with Crippen LogP contribution < -0.4 is 0 Å². The Balaban J connectivity index is 1.08. The van der Waals surface area contributed by atoms with Crippen LogP contribution in [0.15, 0.2) is 54.1 Å². The summed E-state index contributed by atoms with van der Waals surface area (Å²) in [6, 6.07) is 17.2. The van der Waals surface area contributed by atoms with Crippen molar-refractivity contribution < 1.29 is 5.11 Å². The molecule has 1 aromatic heterocycles. The normalized spacial score (nSPS) is 26.2. The predicted octanol–water partition coefficient (Wildman–Crippen LogP) is 5.38. The minimum absolute atomic E-state index is 0.308. The Kier molecular flexibility index (Phi) is 5.38. The van der Waals surface area contributed by atoms with Crippen molar-refractivity contribution in [3.8, 4) is 0 Å². The van der Waals surface area contributed by atoms with Gasteiger partial charge in [-0.1, -0.05) is 42.0 Å². The van der Waals surface area contributed by atoms with Crippen LogP contribution in [0.1, 0.15) is 55.5 Å². The van der Waals surface area contributed by atoms with Gasteiger partial charge >= 0.3 is 0 Å². The third-order valence-electron chi connectivity index (χ3n) is 8.53. The molecule has 1 heterocycles. The summed E-state index contributed by atoms with van der Waals surface area (Å²) in [6.45, 7) is 1.97. The molecule has 0 aliphatic heterocycles. The van der Waals surface area contributed by atoms with Gasteiger partial charge in [0.2, 0.25) is 0 Å². The number of aliphatic hydroxyl groups is 1. The van der Waals surface area contributed by atoms with Gasteiger partial charge in [-0.15, -0.1) is 0 Å². The number of imidazole rings is 1.